The molecule has 0 fully saturated rings. The van der Waals surface area contributed by atoms with E-state index < -0.39 is 11.9 Å². The number of rotatable bonds is 5. The monoisotopic (exact) mass is 287 g/mol. The first-order chi connectivity index (χ1) is 9.99. The normalized spacial score (nSPS) is 11.9. The highest BCUT2D eigenvalue weighted by atomic mass is 16.4. The van der Waals surface area contributed by atoms with Crippen molar-refractivity contribution < 1.29 is 19.1 Å². The van der Waals surface area contributed by atoms with Crippen LogP contribution < -0.4 is 5.32 Å². The predicted molar refractivity (Wildman–Crippen MR) is 77.3 cm³/mol. The molecule has 0 saturated carbocycles. The molecule has 0 aliphatic rings. The summed E-state index contributed by atoms with van der Waals surface area (Å²) in [5.41, 5.74) is 1.09. The van der Waals surface area contributed by atoms with Crippen molar-refractivity contribution in [1.82, 2.24) is 5.32 Å². The van der Waals surface area contributed by atoms with Gasteiger partial charge in [0.25, 0.3) is 5.91 Å². The van der Waals surface area contributed by atoms with Crippen LogP contribution in [0.25, 0.3) is 0 Å². The van der Waals surface area contributed by atoms with E-state index in [9.17, 15) is 14.7 Å². The molecule has 21 heavy (non-hydrogen) atoms. The quantitative estimate of drug-likeness (QED) is 0.885. The van der Waals surface area contributed by atoms with Crippen LogP contribution in [0.15, 0.2) is 40.8 Å². The number of aliphatic carboxylic acids is 1. The second kappa shape index (κ2) is 6.26. The summed E-state index contributed by atoms with van der Waals surface area (Å²) in [4.78, 5) is 23.4. The van der Waals surface area contributed by atoms with Crippen molar-refractivity contribution in [3.05, 3.63) is 59.0 Å². The van der Waals surface area contributed by atoms with Crippen molar-refractivity contribution in [2.75, 3.05) is 6.54 Å². The van der Waals surface area contributed by atoms with Gasteiger partial charge < -0.3 is 14.8 Å². The Bertz CT molecular complexity index is 646. The van der Waals surface area contributed by atoms with Gasteiger partial charge in [0.15, 0.2) is 0 Å². The predicted octanol–water partition coefficient (Wildman–Crippen LogP) is 2.49. The molecular formula is C16H17NO4. The number of hydrogen-bond acceptors (Lipinski definition) is 3. The van der Waals surface area contributed by atoms with Gasteiger partial charge in [0.05, 0.1) is 11.5 Å². The van der Waals surface area contributed by atoms with Crippen molar-refractivity contribution in [3.63, 3.8) is 0 Å². The third-order valence-electron chi connectivity index (χ3n) is 3.25. The molecule has 0 aliphatic heterocycles. The topological polar surface area (TPSA) is 79.5 Å². The standard InChI is InChI=1S/C16H17NO4/c1-10-8-13(11(2)21-10)15(18)17-9-14(16(19)20)12-6-4-3-5-7-12/h3-8,14H,9H2,1-2H3,(H,17,18)(H,19,20). The zero-order valence-corrected chi connectivity index (χ0v) is 11.9. The maximum atomic E-state index is 12.1. The van der Waals surface area contributed by atoms with Crippen molar-refractivity contribution in [3.8, 4) is 0 Å². The lowest BCUT2D eigenvalue weighted by Gasteiger charge is -2.13. The molecule has 0 aliphatic carbocycles. The SMILES string of the molecule is Cc1cc(C(=O)NCC(C(=O)O)c2ccccc2)c(C)o1. The number of benzene rings is 1. The van der Waals surface area contributed by atoms with E-state index in [-0.39, 0.29) is 12.5 Å². The van der Waals surface area contributed by atoms with E-state index in [1.807, 2.05) is 6.07 Å². The van der Waals surface area contributed by atoms with Gasteiger partial charge in [-0.25, -0.2) is 0 Å². The van der Waals surface area contributed by atoms with Gasteiger partial charge in [-0.3, -0.25) is 9.59 Å². The average Bonchev–Trinajstić information content (AvgIpc) is 2.78. The molecule has 1 aromatic carbocycles. The highest BCUT2D eigenvalue weighted by molar-refractivity contribution is 5.95. The molecule has 0 spiro atoms. The van der Waals surface area contributed by atoms with E-state index in [0.29, 0.717) is 22.6 Å². The smallest absolute Gasteiger partial charge is 0.312 e. The summed E-state index contributed by atoms with van der Waals surface area (Å²) in [6.07, 6.45) is 0. The van der Waals surface area contributed by atoms with Crippen LogP contribution in [0, 0.1) is 13.8 Å². The van der Waals surface area contributed by atoms with Crippen molar-refractivity contribution in [2.45, 2.75) is 19.8 Å². The zero-order valence-electron chi connectivity index (χ0n) is 11.9. The molecule has 5 heteroatoms. The average molecular weight is 287 g/mol. The lowest BCUT2D eigenvalue weighted by atomic mass is 9.99. The molecule has 1 aromatic heterocycles. The third-order valence-corrected chi connectivity index (χ3v) is 3.25. The molecule has 0 saturated heterocycles. The van der Waals surface area contributed by atoms with E-state index in [1.165, 1.54) is 0 Å². The Balaban J connectivity index is 2.08. The number of carbonyl (C=O) groups excluding carboxylic acids is 1. The Labute approximate surface area is 122 Å². The lowest BCUT2D eigenvalue weighted by molar-refractivity contribution is -0.138. The minimum Gasteiger partial charge on any atom is -0.481 e. The van der Waals surface area contributed by atoms with Gasteiger partial charge in [0, 0.05) is 6.54 Å². The van der Waals surface area contributed by atoms with Gasteiger partial charge in [-0.1, -0.05) is 30.3 Å². The molecule has 2 aromatic rings. The first kappa shape index (κ1) is 14.8. The fourth-order valence-electron chi connectivity index (χ4n) is 2.18. The lowest BCUT2D eigenvalue weighted by Crippen LogP contribution is -2.31. The first-order valence-electron chi connectivity index (χ1n) is 6.62. The Kier molecular flexibility index (Phi) is 4.42. The molecule has 1 unspecified atom stereocenters. The Morgan fingerprint density at radius 2 is 1.90 bits per heavy atom. The molecule has 0 bridgehead atoms. The molecule has 110 valence electrons. The highest BCUT2D eigenvalue weighted by Crippen LogP contribution is 2.16. The van der Waals surface area contributed by atoms with Crippen LogP contribution in [0.4, 0.5) is 0 Å². The van der Waals surface area contributed by atoms with Crippen molar-refractivity contribution >= 4 is 11.9 Å². The van der Waals surface area contributed by atoms with Gasteiger partial charge in [-0.05, 0) is 25.5 Å². The van der Waals surface area contributed by atoms with Crippen molar-refractivity contribution in [1.29, 1.82) is 0 Å². The van der Waals surface area contributed by atoms with Crippen LogP contribution in [-0.4, -0.2) is 23.5 Å². The van der Waals surface area contributed by atoms with Crippen molar-refractivity contribution in [2.24, 2.45) is 0 Å². The molecule has 0 radical (unpaired) electrons. The summed E-state index contributed by atoms with van der Waals surface area (Å²) >= 11 is 0. The summed E-state index contributed by atoms with van der Waals surface area (Å²) in [6, 6.07) is 10.5. The largest absolute Gasteiger partial charge is 0.481 e. The molecule has 5 nitrogen and oxygen atoms in total. The van der Waals surface area contributed by atoms with Crippen LogP contribution in [-0.2, 0) is 4.79 Å². The molecule has 2 N–H and O–H groups in total. The first-order valence-corrected chi connectivity index (χ1v) is 6.62. The van der Waals surface area contributed by atoms with Gasteiger partial charge in [-0.2, -0.15) is 0 Å². The maximum absolute atomic E-state index is 12.1. The summed E-state index contributed by atoms with van der Waals surface area (Å²) in [5.74, 6) is -0.899. The van der Waals surface area contributed by atoms with Crippen LogP contribution in [0.3, 0.4) is 0 Å². The third kappa shape index (κ3) is 3.51. The fourth-order valence-corrected chi connectivity index (χ4v) is 2.18. The minimum atomic E-state index is -0.971. The van der Waals surface area contributed by atoms with Crippen LogP contribution in [0.5, 0.6) is 0 Å². The number of carboxylic acids is 1. The van der Waals surface area contributed by atoms with E-state index in [1.54, 1.807) is 44.2 Å². The number of hydrogen-bond donors (Lipinski definition) is 2. The fraction of sp³-hybridized carbons (Fsp3) is 0.250. The molecule has 2 rings (SSSR count). The summed E-state index contributed by atoms with van der Waals surface area (Å²) in [6.45, 7) is 3.49. The second-order valence-corrected chi connectivity index (χ2v) is 4.84. The summed E-state index contributed by atoms with van der Waals surface area (Å²) in [7, 11) is 0. The number of nitrogens with one attached hydrogen (secondary N) is 1. The second-order valence-electron chi connectivity index (χ2n) is 4.84. The Morgan fingerprint density at radius 3 is 2.43 bits per heavy atom. The van der Waals surface area contributed by atoms with Gasteiger partial charge in [0.2, 0.25) is 0 Å². The summed E-state index contributed by atoms with van der Waals surface area (Å²) in [5, 5.41) is 12.0. The highest BCUT2D eigenvalue weighted by Gasteiger charge is 2.21. The van der Waals surface area contributed by atoms with E-state index in [4.69, 9.17) is 4.42 Å². The Hall–Kier alpha value is -2.56. The number of aryl methyl sites for hydroxylation is 2. The van der Waals surface area contributed by atoms with E-state index >= 15 is 0 Å². The number of furan rings is 1. The molecule has 1 heterocycles. The molecule has 1 atom stereocenters. The number of carboxylic acid groups (broad SMARTS) is 1. The maximum Gasteiger partial charge on any atom is 0.312 e. The van der Waals surface area contributed by atoms with E-state index in [0.717, 1.165) is 0 Å². The number of carbonyl (C=O) groups is 2. The Morgan fingerprint density at radius 1 is 1.24 bits per heavy atom. The van der Waals surface area contributed by atoms with Crippen LogP contribution in [0.2, 0.25) is 0 Å². The van der Waals surface area contributed by atoms with Crippen LogP contribution in [0.1, 0.15) is 33.4 Å². The zero-order chi connectivity index (χ0) is 15.4. The number of amides is 1. The van der Waals surface area contributed by atoms with Gasteiger partial charge >= 0.3 is 5.97 Å². The van der Waals surface area contributed by atoms with E-state index in [2.05, 4.69) is 5.32 Å². The van der Waals surface area contributed by atoms with Crippen LogP contribution >= 0.6 is 0 Å². The minimum absolute atomic E-state index is 0.0296. The molecule has 1 amide bonds. The molecular weight excluding hydrogens is 270 g/mol. The van der Waals surface area contributed by atoms with Gasteiger partial charge in [-0.15, -0.1) is 0 Å². The van der Waals surface area contributed by atoms with Gasteiger partial charge in [0.1, 0.15) is 11.5 Å². The summed E-state index contributed by atoms with van der Waals surface area (Å²) < 4.78 is 5.30.